The van der Waals surface area contributed by atoms with E-state index < -0.39 is 23.8 Å². The van der Waals surface area contributed by atoms with Crippen molar-refractivity contribution < 1.29 is 28.6 Å². The summed E-state index contributed by atoms with van der Waals surface area (Å²) in [5.74, 6) is -2.63. The van der Waals surface area contributed by atoms with Crippen LogP contribution in [0.5, 0.6) is 5.75 Å². The monoisotopic (exact) mass is 483 g/mol. The summed E-state index contributed by atoms with van der Waals surface area (Å²) in [5.41, 5.74) is 2.85. The Kier molecular flexibility index (Phi) is 8.76. The first kappa shape index (κ1) is 26.5. The van der Waals surface area contributed by atoms with Crippen molar-refractivity contribution in [2.24, 2.45) is 11.8 Å². The molecule has 1 N–H and O–H groups in total. The third-order valence-corrected chi connectivity index (χ3v) is 6.83. The first-order chi connectivity index (χ1) is 16.7. The second-order valence-electron chi connectivity index (χ2n) is 9.40. The second kappa shape index (κ2) is 11.6. The Hall–Kier alpha value is -3.09. The summed E-state index contributed by atoms with van der Waals surface area (Å²) in [7, 11) is 1.29. The quantitative estimate of drug-likeness (QED) is 0.306. The number of allylic oxidation sites excluding steroid dienone is 3. The summed E-state index contributed by atoms with van der Waals surface area (Å²) in [4.78, 5) is 39.9. The molecule has 0 saturated carbocycles. The van der Waals surface area contributed by atoms with Gasteiger partial charge in [0, 0.05) is 22.5 Å². The Bertz CT molecular complexity index is 1040. The number of nitrogens with one attached hydrogen (secondary N) is 1. The SMILES string of the molecule is CCCCOc1ccccc1[C@@H]1C(C(=O)O[C@H](C)CC)=C(C)NC2=C1C(=O)[C@H](C(=O)OC)[C@H](C)C2. The van der Waals surface area contributed by atoms with Gasteiger partial charge in [-0.15, -0.1) is 0 Å². The zero-order valence-electron chi connectivity index (χ0n) is 21.6. The van der Waals surface area contributed by atoms with E-state index in [1.54, 1.807) is 0 Å². The molecule has 7 nitrogen and oxygen atoms in total. The fraction of sp³-hybridized carbons (Fsp3) is 0.536. The zero-order valence-corrected chi connectivity index (χ0v) is 21.6. The summed E-state index contributed by atoms with van der Waals surface area (Å²) in [6, 6.07) is 7.47. The molecule has 0 spiro atoms. The van der Waals surface area contributed by atoms with Gasteiger partial charge in [0.05, 0.1) is 31.3 Å². The van der Waals surface area contributed by atoms with Gasteiger partial charge in [-0.3, -0.25) is 9.59 Å². The molecule has 1 aliphatic heterocycles. The highest BCUT2D eigenvalue weighted by atomic mass is 16.5. The average molecular weight is 484 g/mol. The average Bonchev–Trinajstić information content (AvgIpc) is 2.83. The lowest BCUT2D eigenvalue weighted by molar-refractivity contribution is -0.151. The van der Waals surface area contributed by atoms with E-state index in [4.69, 9.17) is 14.2 Å². The Morgan fingerprint density at radius 3 is 2.57 bits per heavy atom. The van der Waals surface area contributed by atoms with Gasteiger partial charge in [0.25, 0.3) is 0 Å². The molecule has 0 amide bonds. The maximum absolute atomic E-state index is 13.9. The van der Waals surface area contributed by atoms with Gasteiger partial charge in [0.1, 0.15) is 11.7 Å². The first-order valence-corrected chi connectivity index (χ1v) is 12.5. The number of ether oxygens (including phenoxy) is 3. The van der Waals surface area contributed by atoms with E-state index in [1.165, 1.54) is 7.11 Å². The Labute approximate surface area is 207 Å². The Morgan fingerprint density at radius 2 is 1.91 bits per heavy atom. The smallest absolute Gasteiger partial charge is 0.337 e. The number of benzene rings is 1. The van der Waals surface area contributed by atoms with Crippen molar-refractivity contribution in [1.82, 2.24) is 5.32 Å². The van der Waals surface area contributed by atoms with Crippen LogP contribution in [0.25, 0.3) is 0 Å². The van der Waals surface area contributed by atoms with Gasteiger partial charge in [-0.05, 0) is 45.1 Å². The third-order valence-electron chi connectivity index (χ3n) is 6.83. The number of rotatable bonds is 9. The van der Waals surface area contributed by atoms with E-state index in [1.807, 2.05) is 52.0 Å². The number of esters is 2. The lowest BCUT2D eigenvalue weighted by atomic mass is 9.69. The van der Waals surface area contributed by atoms with Crippen molar-refractivity contribution in [3.63, 3.8) is 0 Å². The van der Waals surface area contributed by atoms with E-state index in [2.05, 4.69) is 12.2 Å². The molecule has 0 saturated heterocycles. The molecular weight excluding hydrogens is 446 g/mol. The summed E-state index contributed by atoms with van der Waals surface area (Å²) < 4.78 is 16.8. The molecule has 190 valence electrons. The summed E-state index contributed by atoms with van der Waals surface area (Å²) in [6.45, 7) is 10.1. The van der Waals surface area contributed by atoms with E-state index in [-0.39, 0.29) is 17.8 Å². The number of carbonyl (C=O) groups is 3. The molecule has 0 fully saturated rings. The largest absolute Gasteiger partial charge is 0.493 e. The molecule has 1 aromatic rings. The number of carbonyl (C=O) groups excluding carboxylic acids is 3. The van der Waals surface area contributed by atoms with E-state index >= 15 is 0 Å². The molecule has 7 heteroatoms. The van der Waals surface area contributed by atoms with Crippen LogP contribution in [0.15, 0.2) is 46.8 Å². The molecule has 0 aromatic heterocycles. The maximum Gasteiger partial charge on any atom is 0.337 e. The minimum atomic E-state index is -0.929. The minimum absolute atomic E-state index is 0.237. The number of dihydropyridines is 1. The molecule has 4 atom stereocenters. The topological polar surface area (TPSA) is 90.9 Å². The standard InChI is InChI=1S/C28H37NO6/c1-7-9-14-34-21-13-11-10-12-19(21)24-23(28(32)35-17(4)8-2)18(5)29-20-15-16(3)22(27(31)33-6)26(30)25(20)24/h10-13,16-17,22,24,29H,7-9,14-15H2,1-6H3/t16-,17-,22-,24-/m1/s1. The van der Waals surface area contributed by atoms with Crippen molar-refractivity contribution in [3.05, 3.63) is 52.4 Å². The fourth-order valence-corrected chi connectivity index (χ4v) is 4.77. The van der Waals surface area contributed by atoms with Gasteiger partial charge in [-0.1, -0.05) is 45.4 Å². The molecule has 3 rings (SSSR count). The Morgan fingerprint density at radius 1 is 1.20 bits per heavy atom. The lowest BCUT2D eigenvalue weighted by Gasteiger charge is -2.38. The predicted octanol–water partition coefficient (Wildman–Crippen LogP) is 4.82. The number of hydrogen-bond acceptors (Lipinski definition) is 7. The van der Waals surface area contributed by atoms with Crippen LogP contribution >= 0.6 is 0 Å². The minimum Gasteiger partial charge on any atom is -0.493 e. The molecule has 1 heterocycles. The summed E-state index contributed by atoms with van der Waals surface area (Å²) >= 11 is 0. The number of hydrogen-bond donors (Lipinski definition) is 1. The zero-order chi connectivity index (χ0) is 25.7. The van der Waals surface area contributed by atoms with Gasteiger partial charge >= 0.3 is 11.9 Å². The van der Waals surface area contributed by atoms with E-state index in [0.29, 0.717) is 47.6 Å². The molecular formula is C28H37NO6. The van der Waals surface area contributed by atoms with Gasteiger partial charge in [0.15, 0.2) is 5.78 Å². The molecule has 0 bridgehead atoms. The van der Waals surface area contributed by atoms with Crippen molar-refractivity contribution in [2.75, 3.05) is 13.7 Å². The lowest BCUT2D eigenvalue weighted by Crippen LogP contribution is -2.43. The van der Waals surface area contributed by atoms with Crippen molar-refractivity contribution >= 4 is 17.7 Å². The van der Waals surface area contributed by atoms with Crippen LogP contribution in [-0.4, -0.2) is 37.5 Å². The van der Waals surface area contributed by atoms with E-state index in [0.717, 1.165) is 18.5 Å². The summed E-state index contributed by atoms with van der Waals surface area (Å²) in [5, 5.41) is 3.30. The molecule has 1 aliphatic carbocycles. The van der Waals surface area contributed by atoms with Crippen molar-refractivity contribution in [3.8, 4) is 5.75 Å². The number of methoxy groups -OCH3 is 1. The van der Waals surface area contributed by atoms with Crippen LogP contribution in [0.3, 0.4) is 0 Å². The maximum atomic E-state index is 13.9. The van der Waals surface area contributed by atoms with Crippen LogP contribution in [0.4, 0.5) is 0 Å². The van der Waals surface area contributed by atoms with Gasteiger partial charge in [0.2, 0.25) is 0 Å². The first-order valence-electron chi connectivity index (χ1n) is 12.5. The highest BCUT2D eigenvalue weighted by Crippen LogP contribution is 2.47. The van der Waals surface area contributed by atoms with Crippen molar-refractivity contribution in [2.45, 2.75) is 72.3 Å². The molecule has 0 radical (unpaired) electrons. The van der Waals surface area contributed by atoms with Gasteiger partial charge < -0.3 is 19.5 Å². The number of ketones is 1. The van der Waals surface area contributed by atoms with Crippen LogP contribution in [0, 0.1) is 11.8 Å². The van der Waals surface area contributed by atoms with Crippen LogP contribution in [0.1, 0.15) is 71.8 Å². The van der Waals surface area contributed by atoms with Crippen LogP contribution in [-0.2, 0) is 23.9 Å². The van der Waals surface area contributed by atoms with Crippen molar-refractivity contribution in [1.29, 1.82) is 0 Å². The van der Waals surface area contributed by atoms with Crippen LogP contribution < -0.4 is 10.1 Å². The number of para-hydroxylation sites is 1. The van der Waals surface area contributed by atoms with Gasteiger partial charge in [-0.25, -0.2) is 4.79 Å². The molecule has 2 aliphatic rings. The predicted molar refractivity (Wildman–Crippen MR) is 133 cm³/mol. The molecule has 0 unspecified atom stereocenters. The normalized spacial score (nSPS) is 22.8. The van der Waals surface area contributed by atoms with Gasteiger partial charge in [-0.2, -0.15) is 0 Å². The number of Topliss-reactive ketones (excluding diaryl/α,β-unsaturated/α-hetero) is 1. The highest BCUT2D eigenvalue weighted by molar-refractivity contribution is 6.12. The third kappa shape index (κ3) is 5.44. The van der Waals surface area contributed by atoms with Crippen LogP contribution in [0.2, 0.25) is 0 Å². The second-order valence-corrected chi connectivity index (χ2v) is 9.40. The van der Waals surface area contributed by atoms with E-state index in [9.17, 15) is 14.4 Å². The number of unbranched alkanes of at least 4 members (excludes halogenated alkanes) is 1. The molecule has 35 heavy (non-hydrogen) atoms. The Balaban J connectivity index is 2.18. The summed E-state index contributed by atoms with van der Waals surface area (Å²) in [6.07, 6.45) is 2.74. The molecule has 1 aromatic carbocycles. The highest BCUT2D eigenvalue weighted by Gasteiger charge is 2.48. The fourth-order valence-electron chi connectivity index (χ4n) is 4.77.